The van der Waals surface area contributed by atoms with E-state index in [4.69, 9.17) is 9.15 Å². The topological polar surface area (TPSA) is 81.8 Å². The number of ketones is 1. The molecule has 0 radical (unpaired) electrons. The lowest BCUT2D eigenvalue weighted by Crippen LogP contribution is -2.13. The first-order valence-corrected chi connectivity index (χ1v) is 7.33. The van der Waals surface area contributed by atoms with Crippen LogP contribution in [0.25, 0.3) is 11.0 Å². The van der Waals surface area contributed by atoms with Gasteiger partial charge in [0.2, 0.25) is 0 Å². The number of rotatable bonds is 2. The third-order valence-electron chi connectivity index (χ3n) is 3.92. The summed E-state index contributed by atoms with van der Waals surface area (Å²) in [6, 6.07) is 8.64. The standard InChI is InChI=1S/C18H12N2O4/c1-23-18(22)12-4-2-3-10-7-16(24-17(10)12)13-8-15(21)11-5-6-19-9-14(11)20-13/h2-7,9H,8H2,1H3. The normalized spacial score (nSPS) is 13.5. The van der Waals surface area contributed by atoms with E-state index in [1.807, 2.05) is 6.07 Å². The molecule has 118 valence electrons. The monoisotopic (exact) mass is 320 g/mol. The molecule has 0 saturated heterocycles. The molecule has 24 heavy (non-hydrogen) atoms. The van der Waals surface area contributed by atoms with Crippen LogP contribution in [-0.2, 0) is 4.74 Å². The van der Waals surface area contributed by atoms with Crippen LogP contribution >= 0.6 is 0 Å². The summed E-state index contributed by atoms with van der Waals surface area (Å²) in [6.45, 7) is 0. The highest BCUT2D eigenvalue weighted by Crippen LogP contribution is 2.30. The Balaban J connectivity index is 1.85. The second kappa shape index (κ2) is 5.42. The Morgan fingerprint density at radius 1 is 1.29 bits per heavy atom. The van der Waals surface area contributed by atoms with Crippen molar-refractivity contribution in [3.63, 3.8) is 0 Å². The van der Waals surface area contributed by atoms with Gasteiger partial charge in [-0.05, 0) is 18.2 Å². The van der Waals surface area contributed by atoms with E-state index in [-0.39, 0.29) is 12.2 Å². The first kappa shape index (κ1) is 14.3. The fraction of sp³-hybridized carbons (Fsp3) is 0.111. The third-order valence-corrected chi connectivity index (χ3v) is 3.92. The molecule has 0 unspecified atom stereocenters. The second-order valence-electron chi connectivity index (χ2n) is 5.38. The predicted molar refractivity (Wildman–Crippen MR) is 86.9 cm³/mol. The summed E-state index contributed by atoms with van der Waals surface area (Å²) in [5, 5.41) is 0.750. The number of Topliss-reactive ketones (excluding diaryl/α,β-unsaturated/α-hetero) is 1. The van der Waals surface area contributed by atoms with Crippen LogP contribution in [0.4, 0.5) is 5.69 Å². The molecule has 1 aliphatic heterocycles. The van der Waals surface area contributed by atoms with Crippen LogP contribution in [0, 0.1) is 0 Å². The van der Waals surface area contributed by atoms with Gasteiger partial charge in [-0.25, -0.2) is 9.79 Å². The lowest BCUT2D eigenvalue weighted by molar-refractivity contribution is 0.0601. The number of aromatic nitrogens is 1. The predicted octanol–water partition coefficient (Wildman–Crippen LogP) is 3.32. The summed E-state index contributed by atoms with van der Waals surface area (Å²) in [4.78, 5) is 32.6. The zero-order valence-electron chi connectivity index (χ0n) is 12.8. The maximum atomic E-state index is 12.3. The Kier molecular flexibility index (Phi) is 3.23. The minimum absolute atomic E-state index is 0.0361. The molecule has 0 bridgehead atoms. The lowest BCUT2D eigenvalue weighted by atomic mass is 10.0. The van der Waals surface area contributed by atoms with Crippen LogP contribution in [0.1, 0.15) is 32.9 Å². The third kappa shape index (κ3) is 2.20. The fourth-order valence-corrected chi connectivity index (χ4v) is 2.76. The summed E-state index contributed by atoms with van der Waals surface area (Å²) in [5.41, 5.74) is 2.36. The van der Waals surface area contributed by atoms with Gasteiger partial charge in [0.25, 0.3) is 0 Å². The number of aliphatic imine (C=N–C) groups is 1. The SMILES string of the molecule is COC(=O)c1cccc2cc(C3=Nc4cnccc4C(=O)C3)oc12. The van der Waals surface area contributed by atoms with Crippen LogP contribution < -0.4 is 0 Å². The Morgan fingerprint density at radius 3 is 3.00 bits per heavy atom. The molecule has 0 saturated carbocycles. The molecule has 1 aliphatic rings. The molecular formula is C18H12N2O4. The van der Waals surface area contributed by atoms with E-state index in [1.165, 1.54) is 7.11 Å². The quantitative estimate of drug-likeness (QED) is 0.676. The van der Waals surface area contributed by atoms with Crippen LogP contribution in [-0.4, -0.2) is 29.6 Å². The van der Waals surface area contributed by atoms with Crippen molar-refractivity contribution in [1.29, 1.82) is 0 Å². The molecule has 0 atom stereocenters. The number of para-hydroxylation sites is 1. The van der Waals surface area contributed by atoms with Crippen molar-refractivity contribution in [2.24, 2.45) is 4.99 Å². The molecule has 3 aromatic rings. The first-order valence-electron chi connectivity index (χ1n) is 7.33. The molecule has 0 amide bonds. The molecule has 3 heterocycles. The van der Waals surface area contributed by atoms with Gasteiger partial charge in [-0.3, -0.25) is 9.78 Å². The summed E-state index contributed by atoms with van der Waals surface area (Å²) in [6.07, 6.45) is 3.26. The van der Waals surface area contributed by atoms with Crippen molar-refractivity contribution < 1.29 is 18.7 Å². The molecule has 4 rings (SSSR count). The number of hydrogen-bond acceptors (Lipinski definition) is 6. The highest BCUT2D eigenvalue weighted by Gasteiger charge is 2.24. The van der Waals surface area contributed by atoms with Crippen molar-refractivity contribution in [1.82, 2.24) is 4.98 Å². The second-order valence-corrected chi connectivity index (χ2v) is 5.38. The van der Waals surface area contributed by atoms with E-state index in [1.54, 1.807) is 36.7 Å². The van der Waals surface area contributed by atoms with E-state index in [0.717, 1.165) is 5.39 Å². The molecule has 0 fully saturated rings. The van der Waals surface area contributed by atoms with Crippen LogP contribution in [0.5, 0.6) is 0 Å². The van der Waals surface area contributed by atoms with Gasteiger partial charge in [0, 0.05) is 17.1 Å². The van der Waals surface area contributed by atoms with E-state index in [0.29, 0.717) is 33.9 Å². The van der Waals surface area contributed by atoms with Gasteiger partial charge in [-0.2, -0.15) is 0 Å². The largest absolute Gasteiger partial charge is 0.465 e. The molecule has 0 spiro atoms. The van der Waals surface area contributed by atoms with Crippen LogP contribution in [0.2, 0.25) is 0 Å². The first-order chi connectivity index (χ1) is 11.7. The van der Waals surface area contributed by atoms with Gasteiger partial charge < -0.3 is 9.15 Å². The molecular weight excluding hydrogens is 308 g/mol. The molecule has 0 aliphatic carbocycles. The summed E-state index contributed by atoms with van der Waals surface area (Å²) in [7, 11) is 1.32. The highest BCUT2D eigenvalue weighted by molar-refractivity contribution is 6.20. The Labute approximate surface area is 136 Å². The molecule has 6 nitrogen and oxygen atoms in total. The smallest absolute Gasteiger partial charge is 0.341 e. The number of methoxy groups -OCH3 is 1. The Morgan fingerprint density at radius 2 is 2.17 bits per heavy atom. The number of fused-ring (bicyclic) bond motifs is 2. The average Bonchev–Trinajstić information content (AvgIpc) is 3.05. The van der Waals surface area contributed by atoms with Gasteiger partial charge in [-0.1, -0.05) is 12.1 Å². The number of ether oxygens (including phenoxy) is 1. The molecule has 0 N–H and O–H groups in total. The number of nitrogens with zero attached hydrogens (tertiary/aromatic N) is 2. The van der Waals surface area contributed by atoms with Gasteiger partial charge in [0.1, 0.15) is 16.9 Å². The van der Waals surface area contributed by atoms with E-state index in [2.05, 4.69) is 9.98 Å². The van der Waals surface area contributed by atoms with Crippen molar-refractivity contribution in [3.05, 3.63) is 59.6 Å². The number of carbonyl (C=O) groups is 2. The summed E-state index contributed by atoms with van der Waals surface area (Å²) < 4.78 is 10.6. The lowest BCUT2D eigenvalue weighted by Gasteiger charge is -2.12. The number of benzene rings is 1. The van der Waals surface area contributed by atoms with E-state index >= 15 is 0 Å². The fourth-order valence-electron chi connectivity index (χ4n) is 2.76. The average molecular weight is 320 g/mol. The zero-order chi connectivity index (χ0) is 16.7. The minimum atomic E-state index is -0.474. The number of esters is 1. The van der Waals surface area contributed by atoms with Gasteiger partial charge in [0.05, 0.1) is 31.1 Å². The number of furan rings is 1. The van der Waals surface area contributed by atoms with Crippen molar-refractivity contribution in [2.75, 3.05) is 7.11 Å². The van der Waals surface area contributed by atoms with Gasteiger partial charge in [-0.15, -0.1) is 0 Å². The number of hydrogen-bond donors (Lipinski definition) is 0. The minimum Gasteiger partial charge on any atom is -0.465 e. The summed E-state index contributed by atoms with van der Waals surface area (Å²) >= 11 is 0. The van der Waals surface area contributed by atoms with Crippen LogP contribution in [0.3, 0.4) is 0 Å². The Bertz CT molecular complexity index is 1020. The van der Waals surface area contributed by atoms with E-state index in [9.17, 15) is 9.59 Å². The van der Waals surface area contributed by atoms with Gasteiger partial charge >= 0.3 is 5.97 Å². The van der Waals surface area contributed by atoms with Crippen molar-refractivity contribution >= 4 is 34.1 Å². The maximum absolute atomic E-state index is 12.3. The number of carbonyl (C=O) groups excluding carboxylic acids is 2. The zero-order valence-corrected chi connectivity index (χ0v) is 12.8. The molecule has 2 aromatic heterocycles. The maximum Gasteiger partial charge on any atom is 0.341 e. The number of pyridine rings is 1. The Hall–Kier alpha value is -3.28. The van der Waals surface area contributed by atoms with Crippen molar-refractivity contribution in [2.45, 2.75) is 6.42 Å². The van der Waals surface area contributed by atoms with Gasteiger partial charge in [0.15, 0.2) is 5.78 Å². The molecule has 6 heteroatoms. The summed E-state index contributed by atoms with van der Waals surface area (Å²) in [5.74, 6) is -0.0482. The highest BCUT2D eigenvalue weighted by atomic mass is 16.5. The van der Waals surface area contributed by atoms with E-state index < -0.39 is 5.97 Å². The van der Waals surface area contributed by atoms with Crippen molar-refractivity contribution in [3.8, 4) is 0 Å². The van der Waals surface area contributed by atoms with Crippen LogP contribution in [0.15, 0.2) is 52.1 Å². The molecule has 1 aromatic carbocycles.